The van der Waals surface area contributed by atoms with Crippen molar-refractivity contribution in [2.75, 3.05) is 26.1 Å². The fourth-order valence-corrected chi connectivity index (χ4v) is 5.52. The van der Waals surface area contributed by atoms with Crippen molar-refractivity contribution in [1.29, 1.82) is 0 Å². The Balaban J connectivity index is 1.53. The Morgan fingerprint density at radius 2 is 2.05 bits per heavy atom. The number of aliphatic hydroxyl groups is 1. The largest absolute Gasteiger partial charge is 0.479 e. The number of aliphatic hydroxyl groups excluding tert-OH is 1. The summed E-state index contributed by atoms with van der Waals surface area (Å²) in [6.07, 6.45) is -1.12. The number of fused-ring (bicyclic) bond motifs is 1. The van der Waals surface area contributed by atoms with Crippen LogP contribution in [0.5, 0.6) is 11.6 Å². The molecule has 1 aromatic carbocycles. The summed E-state index contributed by atoms with van der Waals surface area (Å²) in [7, 11) is -2.68. The molecular formula is C23H31N6O8P. The van der Waals surface area contributed by atoms with E-state index < -0.39 is 44.1 Å². The summed E-state index contributed by atoms with van der Waals surface area (Å²) in [6.45, 7) is 4.76. The van der Waals surface area contributed by atoms with Crippen molar-refractivity contribution in [1.82, 2.24) is 24.6 Å². The molecule has 38 heavy (non-hydrogen) atoms. The maximum atomic E-state index is 13.7. The number of esters is 1. The van der Waals surface area contributed by atoms with E-state index in [0.717, 1.165) is 0 Å². The smallest absolute Gasteiger partial charge is 0.459 e. The maximum absolute atomic E-state index is 13.7. The number of rotatable bonds is 11. The van der Waals surface area contributed by atoms with Gasteiger partial charge in [-0.15, -0.1) is 0 Å². The van der Waals surface area contributed by atoms with Crippen molar-refractivity contribution in [3.05, 3.63) is 36.7 Å². The third kappa shape index (κ3) is 5.89. The first-order valence-electron chi connectivity index (χ1n) is 12.0. The molecular weight excluding hydrogens is 519 g/mol. The predicted molar refractivity (Wildman–Crippen MR) is 135 cm³/mol. The minimum Gasteiger partial charge on any atom is -0.479 e. The van der Waals surface area contributed by atoms with Gasteiger partial charge in [0.05, 0.1) is 32.8 Å². The van der Waals surface area contributed by atoms with Crippen LogP contribution in [0.25, 0.3) is 11.2 Å². The van der Waals surface area contributed by atoms with Crippen LogP contribution in [0.4, 0.5) is 5.95 Å². The summed E-state index contributed by atoms with van der Waals surface area (Å²) in [5, 5.41) is 13.5. The van der Waals surface area contributed by atoms with E-state index in [1.54, 1.807) is 48.7 Å². The van der Waals surface area contributed by atoms with Crippen LogP contribution in [-0.2, 0) is 23.4 Å². The van der Waals surface area contributed by atoms with E-state index in [0.29, 0.717) is 11.2 Å². The highest BCUT2D eigenvalue weighted by molar-refractivity contribution is 7.52. The van der Waals surface area contributed by atoms with E-state index in [1.165, 1.54) is 20.4 Å². The zero-order valence-electron chi connectivity index (χ0n) is 21.4. The average molecular weight is 551 g/mol. The van der Waals surface area contributed by atoms with Crippen LogP contribution >= 0.6 is 7.75 Å². The molecule has 1 unspecified atom stereocenters. The fourth-order valence-electron chi connectivity index (χ4n) is 4.02. The standard InChI is InChI=1S/C23H31N6O8P/c1-5-34-22(31)14(3)28-38(32,37-15-9-7-6-8-10-15)35-11-16-18(30)13(2)21(36-16)29-12-25-17-19(29)26-23(24)27-20(17)33-4/h6-10,12-14,16,18,21,30H,5,11H2,1-4H3,(H,28,32)(H2,24,26,27)/t13-,14-,16+,18-,21+,38?/m0/s1. The minimum absolute atomic E-state index is 0.0111. The number of hydrogen-bond acceptors (Lipinski definition) is 12. The summed E-state index contributed by atoms with van der Waals surface area (Å²) >= 11 is 0. The second-order valence-corrected chi connectivity index (χ2v) is 10.3. The molecule has 206 valence electrons. The molecule has 3 heterocycles. The summed E-state index contributed by atoms with van der Waals surface area (Å²) < 4.78 is 42.9. The molecule has 4 rings (SSSR count). The van der Waals surface area contributed by atoms with Crippen molar-refractivity contribution in [2.24, 2.45) is 5.92 Å². The first-order chi connectivity index (χ1) is 18.2. The number of imidazole rings is 1. The Kier molecular flexibility index (Phi) is 8.48. The van der Waals surface area contributed by atoms with Crippen LogP contribution in [0.2, 0.25) is 0 Å². The third-order valence-corrected chi connectivity index (χ3v) is 7.57. The summed E-state index contributed by atoms with van der Waals surface area (Å²) in [5.74, 6) is -0.609. The number of hydrogen-bond donors (Lipinski definition) is 3. The first kappa shape index (κ1) is 27.7. The Morgan fingerprint density at radius 1 is 1.32 bits per heavy atom. The molecule has 0 radical (unpaired) electrons. The highest BCUT2D eigenvalue weighted by Crippen LogP contribution is 2.46. The van der Waals surface area contributed by atoms with Gasteiger partial charge >= 0.3 is 13.7 Å². The molecule has 14 nitrogen and oxygen atoms in total. The molecule has 15 heteroatoms. The van der Waals surface area contributed by atoms with Gasteiger partial charge in [-0.25, -0.2) is 9.55 Å². The number of anilines is 1. The molecule has 0 aliphatic carbocycles. The zero-order valence-corrected chi connectivity index (χ0v) is 22.3. The second-order valence-electron chi connectivity index (χ2n) is 8.63. The number of nitrogens with one attached hydrogen (secondary N) is 1. The van der Waals surface area contributed by atoms with Crippen molar-refractivity contribution in [3.8, 4) is 11.6 Å². The topological polar surface area (TPSA) is 182 Å². The maximum Gasteiger partial charge on any atom is 0.459 e. The monoisotopic (exact) mass is 550 g/mol. The molecule has 4 N–H and O–H groups in total. The lowest BCUT2D eigenvalue weighted by Crippen LogP contribution is -2.36. The van der Waals surface area contributed by atoms with Gasteiger partial charge in [0.2, 0.25) is 11.8 Å². The van der Waals surface area contributed by atoms with Crippen LogP contribution in [0.1, 0.15) is 27.0 Å². The van der Waals surface area contributed by atoms with Crippen molar-refractivity contribution in [2.45, 2.75) is 45.2 Å². The van der Waals surface area contributed by atoms with E-state index in [2.05, 4.69) is 20.0 Å². The Morgan fingerprint density at radius 3 is 2.74 bits per heavy atom. The molecule has 1 fully saturated rings. The number of nitrogen functional groups attached to an aromatic ring is 1. The van der Waals surface area contributed by atoms with Crippen LogP contribution < -0.4 is 20.1 Å². The normalized spacial score (nSPS) is 23.6. The lowest BCUT2D eigenvalue weighted by Gasteiger charge is -2.24. The molecule has 0 saturated carbocycles. The number of ether oxygens (including phenoxy) is 3. The fraction of sp³-hybridized carbons (Fsp3) is 0.478. The van der Waals surface area contributed by atoms with E-state index in [9.17, 15) is 14.5 Å². The quantitative estimate of drug-likeness (QED) is 0.233. The summed E-state index contributed by atoms with van der Waals surface area (Å²) in [4.78, 5) is 24.7. The number of methoxy groups -OCH3 is 1. The van der Waals surface area contributed by atoms with E-state index in [-0.39, 0.29) is 30.8 Å². The molecule has 1 aliphatic heterocycles. The molecule has 6 atom stereocenters. The minimum atomic E-state index is -4.12. The van der Waals surface area contributed by atoms with Crippen LogP contribution in [0, 0.1) is 5.92 Å². The predicted octanol–water partition coefficient (Wildman–Crippen LogP) is 2.06. The first-order valence-corrected chi connectivity index (χ1v) is 13.5. The lowest BCUT2D eigenvalue weighted by molar-refractivity contribution is -0.144. The van der Waals surface area contributed by atoms with Crippen LogP contribution in [0.15, 0.2) is 36.7 Å². The van der Waals surface area contributed by atoms with Crippen molar-refractivity contribution >= 4 is 30.8 Å². The molecule has 0 amide bonds. The Hall–Kier alpha value is -3.29. The highest BCUT2D eigenvalue weighted by Gasteiger charge is 2.44. The highest BCUT2D eigenvalue weighted by atomic mass is 31.2. The van der Waals surface area contributed by atoms with Gasteiger partial charge in [-0.05, 0) is 26.0 Å². The van der Waals surface area contributed by atoms with Gasteiger partial charge in [0.1, 0.15) is 24.1 Å². The van der Waals surface area contributed by atoms with Gasteiger partial charge in [0.25, 0.3) is 0 Å². The van der Waals surface area contributed by atoms with Gasteiger partial charge in [-0.1, -0.05) is 25.1 Å². The summed E-state index contributed by atoms with van der Waals surface area (Å²) in [5.41, 5.74) is 6.56. The van der Waals surface area contributed by atoms with Crippen LogP contribution in [-0.4, -0.2) is 69.2 Å². The van der Waals surface area contributed by atoms with E-state index in [1.807, 2.05) is 0 Å². The van der Waals surface area contributed by atoms with Crippen molar-refractivity contribution < 1.29 is 37.7 Å². The molecule has 0 bridgehead atoms. The Bertz CT molecular complexity index is 1310. The second kappa shape index (κ2) is 11.6. The van der Waals surface area contributed by atoms with Crippen LogP contribution in [0.3, 0.4) is 0 Å². The number of para-hydroxylation sites is 1. The number of aromatic nitrogens is 4. The van der Waals surface area contributed by atoms with Gasteiger partial charge in [-0.3, -0.25) is 13.9 Å². The molecule has 1 saturated heterocycles. The number of carbonyl (C=O) groups is 1. The third-order valence-electron chi connectivity index (χ3n) is 5.93. The number of nitrogens with two attached hydrogens (primary N) is 1. The molecule has 2 aromatic heterocycles. The van der Waals surface area contributed by atoms with E-state index in [4.69, 9.17) is 29.0 Å². The SMILES string of the molecule is CCOC(=O)[C@H](C)NP(=O)(OC[C@H]1O[C@@H](n2cnc3c(OC)nc(N)nc32)[C@@H](C)[C@@H]1O)Oc1ccccc1. The number of nitrogens with zero attached hydrogens (tertiary/aromatic N) is 4. The lowest BCUT2D eigenvalue weighted by atomic mass is 10.0. The average Bonchev–Trinajstić information content (AvgIpc) is 3.43. The summed E-state index contributed by atoms with van der Waals surface area (Å²) in [6, 6.07) is 7.36. The van der Waals surface area contributed by atoms with Crippen molar-refractivity contribution in [3.63, 3.8) is 0 Å². The molecule has 3 aromatic rings. The van der Waals surface area contributed by atoms with Gasteiger partial charge in [0, 0.05) is 5.92 Å². The Labute approximate surface area is 219 Å². The number of carbonyl (C=O) groups excluding carboxylic acids is 1. The van der Waals surface area contributed by atoms with Gasteiger partial charge in [-0.2, -0.15) is 15.1 Å². The molecule has 1 aliphatic rings. The van der Waals surface area contributed by atoms with E-state index >= 15 is 0 Å². The van der Waals surface area contributed by atoms with Gasteiger partial charge < -0.3 is 29.6 Å². The molecule has 0 spiro atoms. The number of benzene rings is 1. The van der Waals surface area contributed by atoms with Gasteiger partial charge in [0.15, 0.2) is 11.2 Å². The zero-order chi connectivity index (χ0) is 27.4.